The van der Waals surface area contributed by atoms with E-state index in [0.29, 0.717) is 5.96 Å². The minimum absolute atomic E-state index is 0.415. The number of anilines is 1. The summed E-state index contributed by atoms with van der Waals surface area (Å²) in [6, 6.07) is 9.90. The summed E-state index contributed by atoms with van der Waals surface area (Å²) in [5.74, 6) is 0.415. The number of nitrogens with two attached hydrogens (primary N) is 1. The summed E-state index contributed by atoms with van der Waals surface area (Å²) < 4.78 is 0.930. The second-order valence-corrected chi connectivity index (χ2v) is 4.02. The number of rotatable bonds is 3. The van der Waals surface area contributed by atoms with Crippen LogP contribution in [0, 0.1) is 0 Å². The molecule has 0 spiro atoms. The van der Waals surface area contributed by atoms with Crippen LogP contribution in [-0.4, -0.2) is 17.2 Å². The van der Waals surface area contributed by atoms with Gasteiger partial charge < -0.3 is 0 Å². The number of nitrogens with zero attached hydrogens (tertiary/aromatic N) is 1. The van der Waals surface area contributed by atoms with Gasteiger partial charge >= 0.3 is 93.9 Å². The second kappa shape index (κ2) is 5.55. The number of nitrogens with one attached hydrogen (secondary N) is 2. The SMILES string of the molecule is CN=C(N)N[C](=[W])Nc1ccccc1. The first-order valence-electron chi connectivity index (χ1n) is 4.07. The van der Waals surface area contributed by atoms with Crippen molar-refractivity contribution in [2.24, 2.45) is 10.7 Å². The molecule has 4 N–H and O–H groups in total. The molecule has 0 saturated carbocycles. The van der Waals surface area contributed by atoms with Crippen LogP contribution in [0.5, 0.6) is 0 Å². The number of benzene rings is 1. The quantitative estimate of drug-likeness (QED) is 0.536. The van der Waals surface area contributed by atoms with Gasteiger partial charge in [0.05, 0.1) is 0 Å². The van der Waals surface area contributed by atoms with Crippen molar-refractivity contribution >= 4 is 15.8 Å². The molecule has 0 saturated heterocycles. The van der Waals surface area contributed by atoms with E-state index in [4.69, 9.17) is 5.73 Å². The zero-order chi connectivity index (χ0) is 10.4. The average Bonchev–Trinajstić information content (AvgIpc) is 2.19. The molecule has 0 heterocycles. The van der Waals surface area contributed by atoms with Crippen LogP contribution < -0.4 is 16.4 Å². The molecule has 0 unspecified atom stereocenters. The summed E-state index contributed by atoms with van der Waals surface area (Å²) in [4.78, 5) is 3.81. The van der Waals surface area contributed by atoms with E-state index in [1.165, 1.54) is 19.4 Å². The number of hydrogen-bond acceptors (Lipinski definition) is 2. The fourth-order valence-electron chi connectivity index (χ4n) is 0.856. The molecule has 0 aliphatic carbocycles. The molecule has 0 aromatic heterocycles. The Balaban J connectivity index is 2.50. The number of guanidine groups is 1. The van der Waals surface area contributed by atoms with Crippen LogP contribution in [0.2, 0.25) is 0 Å². The van der Waals surface area contributed by atoms with Gasteiger partial charge in [0.2, 0.25) is 0 Å². The molecule has 74 valence electrons. The third kappa shape index (κ3) is 3.71. The Hall–Kier alpha value is -1.15. The van der Waals surface area contributed by atoms with Gasteiger partial charge in [-0.1, -0.05) is 0 Å². The average molecular weight is 360 g/mol. The molecule has 1 aromatic carbocycles. The van der Waals surface area contributed by atoms with Crippen LogP contribution >= 0.6 is 0 Å². The molecular weight excluding hydrogens is 348 g/mol. The fourth-order valence-corrected chi connectivity index (χ4v) is 1.66. The van der Waals surface area contributed by atoms with Gasteiger partial charge in [0.25, 0.3) is 0 Å². The van der Waals surface area contributed by atoms with Gasteiger partial charge in [-0.15, -0.1) is 0 Å². The maximum atomic E-state index is 5.52. The van der Waals surface area contributed by atoms with Crippen LogP contribution in [0.3, 0.4) is 0 Å². The molecule has 0 amide bonds. The Morgan fingerprint density at radius 3 is 2.57 bits per heavy atom. The summed E-state index contributed by atoms with van der Waals surface area (Å²) >= 11 is 1.27. The summed E-state index contributed by atoms with van der Waals surface area (Å²) in [5.41, 5.74) is 6.55. The van der Waals surface area contributed by atoms with E-state index in [1.807, 2.05) is 30.3 Å². The second-order valence-electron chi connectivity index (χ2n) is 2.55. The molecule has 0 bridgehead atoms. The topological polar surface area (TPSA) is 62.4 Å². The molecule has 14 heavy (non-hydrogen) atoms. The fraction of sp³-hybridized carbons (Fsp3) is 0.111. The zero-order valence-corrected chi connectivity index (χ0v) is 10.8. The van der Waals surface area contributed by atoms with Crippen molar-refractivity contribution in [3.8, 4) is 0 Å². The first kappa shape index (κ1) is 10.9. The van der Waals surface area contributed by atoms with Crippen molar-refractivity contribution in [2.75, 3.05) is 12.4 Å². The number of aliphatic imine (C=N–C) groups is 1. The Labute approximate surface area is 94.0 Å². The van der Waals surface area contributed by atoms with E-state index in [2.05, 4.69) is 15.6 Å². The summed E-state index contributed by atoms with van der Waals surface area (Å²) in [6.45, 7) is 0. The van der Waals surface area contributed by atoms with Gasteiger partial charge in [0, 0.05) is 0 Å². The molecule has 4 nitrogen and oxygen atoms in total. The molecule has 0 radical (unpaired) electrons. The molecule has 1 rings (SSSR count). The Kier molecular flexibility index (Phi) is 4.33. The van der Waals surface area contributed by atoms with Crippen LogP contribution in [0.25, 0.3) is 0 Å². The number of hydrogen-bond donors (Lipinski definition) is 3. The van der Waals surface area contributed by atoms with Crippen LogP contribution in [0.15, 0.2) is 35.3 Å². The van der Waals surface area contributed by atoms with Gasteiger partial charge in [-0.2, -0.15) is 0 Å². The first-order chi connectivity index (χ1) is 6.72. The minimum atomic E-state index is 0.415. The van der Waals surface area contributed by atoms with Crippen LogP contribution in [-0.2, 0) is 19.4 Å². The third-order valence-electron chi connectivity index (χ3n) is 1.51. The van der Waals surface area contributed by atoms with E-state index in [-0.39, 0.29) is 0 Å². The summed E-state index contributed by atoms with van der Waals surface area (Å²) in [6.07, 6.45) is 0. The normalized spacial score (nSPS) is 10.8. The molecular formula is C9H12N4W. The summed E-state index contributed by atoms with van der Waals surface area (Å²) in [5, 5.41) is 6.14. The molecule has 1 aromatic rings. The Morgan fingerprint density at radius 1 is 1.36 bits per heavy atom. The van der Waals surface area contributed by atoms with Gasteiger partial charge in [0.1, 0.15) is 0 Å². The third-order valence-corrected chi connectivity index (χ3v) is 2.25. The van der Waals surface area contributed by atoms with E-state index in [1.54, 1.807) is 7.05 Å². The molecule has 5 heteroatoms. The van der Waals surface area contributed by atoms with Crippen LogP contribution in [0.1, 0.15) is 0 Å². The van der Waals surface area contributed by atoms with E-state index < -0.39 is 0 Å². The van der Waals surface area contributed by atoms with Crippen molar-refractivity contribution in [3.05, 3.63) is 30.3 Å². The van der Waals surface area contributed by atoms with E-state index in [0.717, 1.165) is 9.83 Å². The number of para-hydroxylation sites is 1. The standard InChI is InChI=1S/C9H12N4.W/c1-11-9(10)13-7-12-8-5-3-2-4-6-8;/h2-6,12H,1H3,(H3,10,11,13);. The molecule has 0 fully saturated rings. The Bertz CT molecular complexity index is 334. The monoisotopic (exact) mass is 360 g/mol. The first-order valence-corrected chi connectivity index (χ1v) is 5.54. The van der Waals surface area contributed by atoms with Gasteiger partial charge in [0.15, 0.2) is 0 Å². The Morgan fingerprint density at radius 2 is 2.00 bits per heavy atom. The molecule has 0 aliphatic rings. The molecule has 0 atom stereocenters. The van der Waals surface area contributed by atoms with Gasteiger partial charge in [-0.3, -0.25) is 0 Å². The van der Waals surface area contributed by atoms with Gasteiger partial charge in [-0.05, 0) is 0 Å². The van der Waals surface area contributed by atoms with Crippen molar-refractivity contribution in [1.82, 2.24) is 5.32 Å². The zero-order valence-electron chi connectivity index (χ0n) is 7.82. The van der Waals surface area contributed by atoms with Crippen molar-refractivity contribution in [2.45, 2.75) is 0 Å². The van der Waals surface area contributed by atoms with Crippen molar-refractivity contribution in [1.29, 1.82) is 0 Å². The van der Waals surface area contributed by atoms with Crippen molar-refractivity contribution < 1.29 is 19.4 Å². The predicted octanol–water partition coefficient (Wildman–Crippen LogP) is 0.267. The van der Waals surface area contributed by atoms with Crippen LogP contribution in [0.4, 0.5) is 5.69 Å². The molecule has 0 aliphatic heterocycles. The maximum absolute atomic E-state index is 5.52. The summed E-state index contributed by atoms with van der Waals surface area (Å²) in [7, 11) is 1.65. The van der Waals surface area contributed by atoms with Gasteiger partial charge in [-0.25, -0.2) is 0 Å². The van der Waals surface area contributed by atoms with E-state index in [9.17, 15) is 0 Å². The van der Waals surface area contributed by atoms with Crippen molar-refractivity contribution in [3.63, 3.8) is 0 Å². The predicted molar refractivity (Wildman–Crippen MR) is 55.8 cm³/mol. The van der Waals surface area contributed by atoms with E-state index >= 15 is 0 Å².